The molecule has 2 aromatic rings. The number of halogens is 2. The zero-order valence-corrected chi connectivity index (χ0v) is 13.7. The molecule has 0 heterocycles. The van der Waals surface area contributed by atoms with Crippen LogP contribution in [0.1, 0.15) is 25.0 Å². The third kappa shape index (κ3) is 4.92. The molecule has 0 bridgehead atoms. The topological polar surface area (TPSA) is 21.3 Å². The van der Waals surface area contributed by atoms with Crippen LogP contribution < -0.4 is 10.1 Å². The first-order valence-electron chi connectivity index (χ1n) is 6.94. The molecule has 112 valence electrons. The molecule has 0 aliphatic carbocycles. The Labute approximate surface area is 136 Å². The first-order chi connectivity index (χ1) is 10.1. The predicted octanol–water partition coefficient (Wildman–Crippen LogP) is 5.07. The van der Waals surface area contributed by atoms with Gasteiger partial charge in [0.25, 0.3) is 0 Å². The highest BCUT2D eigenvalue weighted by molar-refractivity contribution is 6.42. The number of hydrogen-bond donors (Lipinski definition) is 1. The SMILES string of the molecule is CC(C)NCc1cccc(OCc2cccc(Cl)c2Cl)c1. The van der Waals surface area contributed by atoms with Gasteiger partial charge in [-0.25, -0.2) is 0 Å². The van der Waals surface area contributed by atoms with Crippen LogP contribution in [0.4, 0.5) is 0 Å². The van der Waals surface area contributed by atoms with E-state index >= 15 is 0 Å². The smallest absolute Gasteiger partial charge is 0.120 e. The summed E-state index contributed by atoms with van der Waals surface area (Å²) in [6.45, 7) is 5.48. The van der Waals surface area contributed by atoms with Crippen LogP contribution in [-0.2, 0) is 13.2 Å². The molecule has 0 fully saturated rings. The number of benzene rings is 2. The van der Waals surface area contributed by atoms with Crippen LogP contribution in [0.25, 0.3) is 0 Å². The van der Waals surface area contributed by atoms with Gasteiger partial charge in [-0.15, -0.1) is 0 Å². The van der Waals surface area contributed by atoms with Gasteiger partial charge in [0.05, 0.1) is 10.0 Å². The largest absolute Gasteiger partial charge is 0.489 e. The van der Waals surface area contributed by atoms with Crippen molar-refractivity contribution >= 4 is 23.2 Å². The highest BCUT2D eigenvalue weighted by Crippen LogP contribution is 2.26. The van der Waals surface area contributed by atoms with Crippen molar-refractivity contribution in [2.45, 2.75) is 33.0 Å². The van der Waals surface area contributed by atoms with Gasteiger partial charge in [0, 0.05) is 18.2 Å². The maximum Gasteiger partial charge on any atom is 0.120 e. The molecule has 21 heavy (non-hydrogen) atoms. The summed E-state index contributed by atoms with van der Waals surface area (Å²) in [5.74, 6) is 0.828. The molecular formula is C17H19Cl2NO. The minimum absolute atomic E-state index is 0.403. The Balaban J connectivity index is 2.00. The van der Waals surface area contributed by atoms with Gasteiger partial charge in [-0.1, -0.05) is 61.3 Å². The van der Waals surface area contributed by atoms with Crippen molar-refractivity contribution in [2.75, 3.05) is 0 Å². The standard InChI is InChI=1S/C17H19Cl2NO/c1-12(2)20-10-13-5-3-7-15(9-13)21-11-14-6-4-8-16(18)17(14)19/h3-9,12,20H,10-11H2,1-2H3. The van der Waals surface area contributed by atoms with Crippen molar-refractivity contribution in [1.29, 1.82) is 0 Å². The van der Waals surface area contributed by atoms with E-state index in [0.717, 1.165) is 17.9 Å². The van der Waals surface area contributed by atoms with Crippen LogP contribution in [0, 0.1) is 0 Å². The Morgan fingerprint density at radius 1 is 1.10 bits per heavy atom. The summed E-state index contributed by atoms with van der Waals surface area (Å²) >= 11 is 12.1. The summed E-state index contributed by atoms with van der Waals surface area (Å²) in [5.41, 5.74) is 2.08. The van der Waals surface area contributed by atoms with Crippen LogP contribution in [0.15, 0.2) is 42.5 Å². The van der Waals surface area contributed by atoms with Gasteiger partial charge in [0.15, 0.2) is 0 Å². The van der Waals surface area contributed by atoms with E-state index in [1.165, 1.54) is 5.56 Å². The molecule has 0 atom stereocenters. The number of rotatable bonds is 6. The Kier molecular flexibility index (Phi) is 5.92. The average Bonchev–Trinajstić information content (AvgIpc) is 2.47. The first kappa shape index (κ1) is 16.2. The molecule has 0 aliphatic rings. The fourth-order valence-corrected chi connectivity index (χ4v) is 2.26. The van der Waals surface area contributed by atoms with Gasteiger partial charge in [-0.3, -0.25) is 0 Å². The molecule has 0 unspecified atom stereocenters. The summed E-state index contributed by atoms with van der Waals surface area (Å²) in [7, 11) is 0. The monoisotopic (exact) mass is 323 g/mol. The Hall–Kier alpha value is -1.22. The number of ether oxygens (including phenoxy) is 1. The van der Waals surface area contributed by atoms with Gasteiger partial charge >= 0.3 is 0 Å². The lowest BCUT2D eigenvalue weighted by molar-refractivity contribution is 0.306. The van der Waals surface area contributed by atoms with Crippen LogP contribution >= 0.6 is 23.2 Å². The van der Waals surface area contributed by atoms with E-state index in [4.69, 9.17) is 27.9 Å². The molecule has 2 aromatic carbocycles. The van der Waals surface area contributed by atoms with E-state index in [0.29, 0.717) is 22.7 Å². The molecule has 4 heteroatoms. The minimum atomic E-state index is 0.403. The summed E-state index contributed by atoms with van der Waals surface area (Å²) in [6, 6.07) is 14.1. The summed E-state index contributed by atoms with van der Waals surface area (Å²) in [6.07, 6.45) is 0. The van der Waals surface area contributed by atoms with E-state index in [-0.39, 0.29) is 0 Å². The van der Waals surface area contributed by atoms with E-state index < -0.39 is 0 Å². The molecule has 2 nitrogen and oxygen atoms in total. The number of hydrogen-bond acceptors (Lipinski definition) is 2. The third-order valence-electron chi connectivity index (χ3n) is 3.04. The molecule has 0 saturated carbocycles. The zero-order valence-electron chi connectivity index (χ0n) is 12.2. The van der Waals surface area contributed by atoms with Crippen LogP contribution in [-0.4, -0.2) is 6.04 Å². The van der Waals surface area contributed by atoms with Crippen molar-refractivity contribution in [3.05, 3.63) is 63.6 Å². The summed E-state index contributed by atoms with van der Waals surface area (Å²) in [4.78, 5) is 0. The molecule has 0 aliphatic heterocycles. The van der Waals surface area contributed by atoms with Gasteiger partial charge in [-0.05, 0) is 23.8 Å². The van der Waals surface area contributed by atoms with E-state index in [2.05, 4.69) is 25.2 Å². The van der Waals surface area contributed by atoms with Crippen molar-refractivity contribution in [2.24, 2.45) is 0 Å². The average molecular weight is 324 g/mol. The Morgan fingerprint density at radius 2 is 1.86 bits per heavy atom. The molecule has 0 saturated heterocycles. The fraction of sp³-hybridized carbons (Fsp3) is 0.294. The van der Waals surface area contributed by atoms with E-state index in [1.807, 2.05) is 30.3 Å². The molecule has 0 spiro atoms. The molecule has 2 rings (SSSR count). The van der Waals surface area contributed by atoms with Gasteiger partial charge in [-0.2, -0.15) is 0 Å². The fourth-order valence-electron chi connectivity index (χ4n) is 1.89. The summed E-state index contributed by atoms with van der Waals surface area (Å²) < 4.78 is 5.80. The molecule has 0 amide bonds. The van der Waals surface area contributed by atoms with Crippen molar-refractivity contribution < 1.29 is 4.74 Å². The second kappa shape index (κ2) is 7.69. The quantitative estimate of drug-likeness (QED) is 0.801. The predicted molar refractivity (Wildman–Crippen MR) is 89.2 cm³/mol. The molecular weight excluding hydrogens is 305 g/mol. The Bertz CT molecular complexity index is 599. The van der Waals surface area contributed by atoms with E-state index in [1.54, 1.807) is 6.07 Å². The highest BCUT2D eigenvalue weighted by atomic mass is 35.5. The maximum absolute atomic E-state index is 6.15. The summed E-state index contributed by atoms with van der Waals surface area (Å²) in [5, 5.41) is 4.49. The van der Waals surface area contributed by atoms with Crippen molar-refractivity contribution in [3.8, 4) is 5.75 Å². The molecule has 0 radical (unpaired) electrons. The molecule has 0 aromatic heterocycles. The maximum atomic E-state index is 6.15. The zero-order chi connectivity index (χ0) is 15.2. The normalized spacial score (nSPS) is 10.9. The van der Waals surface area contributed by atoms with Crippen LogP contribution in [0.5, 0.6) is 5.75 Å². The number of nitrogens with one attached hydrogen (secondary N) is 1. The lowest BCUT2D eigenvalue weighted by Gasteiger charge is -2.11. The lowest BCUT2D eigenvalue weighted by atomic mass is 10.2. The lowest BCUT2D eigenvalue weighted by Crippen LogP contribution is -2.21. The van der Waals surface area contributed by atoms with Crippen LogP contribution in [0.2, 0.25) is 10.0 Å². The third-order valence-corrected chi connectivity index (χ3v) is 3.90. The van der Waals surface area contributed by atoms with Gasteiger partial charge in [0.2, 0.25) is 0 Å². The second-order valence-electron chi connectivity index (χ2n) is 5.18. The first-order valence-corrected chi connectivity index (χ1v) is 7.70. The van der Waals surface area contributed by atoms with Gasteiger partial charge < -0.3 is 10.1 Å². The van der Waals surface area contributed by atoms with E-state index in [9.17, 15) is 0 Å². The van der Waals surface area contributed by atoms with Gasteiger partial charge in [0.1, 0.15) is 12.4 Å². The highest BCUT2D eigenvalue weighted by Gasteiger charge is 2.05. The second-order valence-corrected chi connectivity index (χ2v) is 5.97. The van der Waals surface area contributed by atoms with Crippen molar-refractivity contribution in [1.82, 2.24) is 5.32 Å². The molecule has 1 N–H and O–H groups in total. The van der Waals surface area contributed by atoms with Crippen LogP contribution in [0.3, 0.4) is 0 Å². The minimum Gasteiger partial charge on any atom is -0.489 e. The Morgan fingerprint density at radius 3 is 2.62 bits per heavy atom. The van der Waals surface area contributed by atoms with Crippen molar-refractivity contribution in [3.63, 3.8) is 0 Å².